The molecule has 0 spiro atoms. The number of nitrogens with two attached hydrogens (primary N) is 1. The molecule has 1 aliphatic rings. The monoisotopic (exact) mass is 391 g/mol. The number of rotatable bonds is 6. The maximum atomic E-state index is 12.6. The van der Waals surface area contributed by atoms with Gasteiger partial charge in [0.15, 0.2) is 11.5 Å². The van der Waals surface area contributed by atoms with Gasteiger partial charge in [-0.1, -0.05) is 6.07 Å². The first-order valence-corrected chi connectivity index (χ1v) is 10.1. The molecule has 0 aliphatic heterocycles. The highest BCUT2D eigenvalue weighted by Crippen LogP contribution is 2.30. The summed E-state index contributed by atoms with van der Waals surface area (Å²) in [7, 11) is -3.71. The number of Topliss-reactive ketones (excluding diaryl/α,β-unsaturated/α-hetero) is 1. The van der Waals surface area contributed by atoms with Crippen LogP contribution in [0.15, 0.2) is 33.6 Å². The Bertz CT molecular complexity index is 994. The zero-order chi connectivity index (χ0) is 19.6. The van der Waals surface area contributed by atoms with Crippen molar-refractivity contribution in [2.75, 3.05) is 18.4 Å². The molecule has 1 heterocycles. The van der Waals surface area contributed by atoms with Gasteiger partial charge in [0.25, 0.3) is 5.91 Å². The average molecular weight is 391 g/mol. The number of aryl methyl sites for hydroxylation is 1. The molecule has 2 aromatic rings. The first-order valence-electron chi connectivity index (χ1n) is 8.60. The van der Waals surface area contributed by atoms with Crippen molar-refractivity contribution in [2.45, 2.75) is 31.1 Å². The molecule has 0 radical (unpaired) electrons. The SMILES string of the molecule is Cc1c(C(=O)Nc2cccc(S(=O)(=O)NCCN)c2)oc2c1C(=O)CCC2. The fraction of sp³-hybridized carbons (Fsp3) is 0.333. The first kappa shape index (κ1) is 19.3. The molecule has 0 bridgehead atoms. The molecular weight excluding hydrogens is 370 g/mol. The molecule has 0 saturated heterocycles. The normalized spacial score (nSPS) is 14.1. The number of benzene rings is 1. The summed E-state index contributed by atoms with van der Waals surface area (Å²) in [4.78, 5) is 24.7. The van der Waals surface area contributed by atoms with Crippen LogP contribution in [-0.4, -0.2) is 33.2 Å². The van der Waals surface area contributed by atoms with E-state index in [0.29, 0.717) is 41.8 Å². The number of anilines is 1. The van der Waals surface area contributed by atoms with Crippen molar-refractivity contribution in [3.63, 3.8) is 0 Å². The lowest BCUT2D eigenvalue weighted by Crippen LogP contribution is -2.29. The van der Waals surface area contributed by atoms with E-state index in [9.17, 15) is 18.0 Å². The van der Waals surface area contributed by atoms with Gasteiger partial charge < -0.3 is 15.5 Å². The summed E-state index contributed by atoms with van der Waals surface area (Å²) in [5.41, 5.74) is 6.63. The van der Waals surface area contributed by atoms with Crippen LogP contribution in [-0.2, 0) is 16.4 Å². The quantitative estimate of drug-likeness (QED) is 0.685. The number of amides is 1. The van der Waals surface area contributed by atoms with Crippen molar-refractivity contribution in [1.82, 2.24) is 4.72 Å². The van der Waals surface area contributed by atoms with Gasteiger partial charge >= 0.3 is 0 Å². The molecular formula is C18H21N3O5S. The van der Waals surface area contributed by atoms with Crippen LogP contribution in [0.4, 0.5) is 5.69 Å². The van der Waals surface area contributed by atoms with Gasteiger partial charge in [-0.2, -0.15) is 0 Å². The number of carbonyl (C=O) groups excluding carboxylic acids is 2. The molecule has 27 heavy (non-hydrogen) atoms. The topological polar surface area (TPSA) is 132 Å². The summed E-state index contributed by atoms with van der Waals surface area (Å²) >= 11 is 0. The Kier molecular flexibility index (Phi) is 5.45. The van der Waals surface area contributed by atoms with Gasteiger partial charge in [-0.15, -0.1) is 0 Å². The van der Waals surface area contributed by atoms with E-state index < -0.39 is 15.9 Å². The highest BCUT2D eigenvalue weighted by atomic mass is 32.2. The summed E-state index contributed by atoms with van der Waals surface area (Å²) in [5, 5.41) is 2.63. The summed E-state index contributed by atoms with van der Waals surface area (Å²) in [6.45, 7) is 1.97. The minimum absolute atomic E-state index is 0.0133. The summed E-state index contributed by atoms with van der Waals surface area (Å²) in [6.07, 6.45) is 1.77. The first-order chi connectivity index (χ1) is 12.8. The number of hydrogen-bond acceptors (Lipinski definition) is 6. The van der Waals surface area contributed by atoms with Gasteiger partial charge in [0.2, 0.25) is 10.0 Å². The van der Waals surface area contributed by atoms with E-state index in [1.165, 1.54) is 18.2 Å². The van der Waals surface area contributed by atoms with Crippen molar-refractivity contribution < 1.29 is 22.4 Å². The zero-order valence-corrected chi connectivity index (χ0v) is 15.7. The van der Waals surface area contributed by atoms with Crippen LogP contribution in [0.3, 0.4) is 0 Å². The van der Waals surface area contributed by atoms with Gasteiger partial charge in [0.1, 0.15) is 5.76 Å². The molecule has 0 atom stereocenters. The Hall–Kier alpha value is -2.49. The zero-order valence-electron chi connectivity index (χ0n) is 14.9. The lowest BCUT2D eigenvalue weighted by molar-refractivity contribution is 0.0963. The van der Waals surface area contributed by atoms with Crippen molar-refractivity contribution in [3.05, 3.63) is 46.9 Å². The van der Waals surface area contributed by atoms with Gasteiger partial charge in [-0.05, 0) is 31.5 Å². The highest BCUT2D eigenvalue weighted by Gasteiger charge is 2.28. The maximum absolute atomic E-state index is 12.6. The number of fused-ring (bicyclic) bond motifs is 1. The Morgan fingerprint density at radius 3 is 2.78 bits per heavy atom. The second-order valence-electron chi connectivity index (χ2n) is 6.30. The van der Waals surface area contributed by atoms with E-state index in [-0.39, 0.29) is 29.5 Å². The molecule has 1 amide bonds. The third-order valence-corrected chi connectivity index (χ3v) is 5.81. The third-order valence-electron chi connectivity index (χ3n) is 4.35. The Labute approximate surface area is 157 Å². The van der Waals surface area contributed by atoms with Crippen molar-refractivity contribution in [2.24, 2.45) is 5.73 Å². The standard InChI is InChI=1S/C18H21N3O5S/c1-11-16-14(22)6-3-7-15(16)26-17(11)18(23)21-12-4-2-5-13(10-12)27(24,25)20-9-8-19/h2,4-5,10,20H,3,6-9,19H2,1H3,(H,21,23). The minimum atomic E-state index is -3.71. The molecule has 8 nitrogen and oxygen atoms in total. The minimum Gasteiger partial charge on any atom is -0.455 e. The number of sulfonamides is 1. The second-order valence-corrected chi connectivity index (χ2v) is 8.07. The second kappa shape index (κ2) is 7.63. The van der Waals surface area contributed by atoms with Crippen LogP contribution >= 0.6 is 0 Å². The van der Waals surface area contributed by atoms with E-state index in [1.807, 2.05) is 0 Å². The fourth-order valence-electron chi connectivity index (χ4n) is 3.07. The Morgan fingerprint density at radius 2 is 2.07 bits per heavy atom. The van der Waals surface area contributed by atoms with E-state index >= 15 is 0 Å². The molecule has 4 N–H and O–H groups in total. The number of furan rings is 1. The molecule has 1 aromatic carbocycles. The van der Waals surface area contributed by atoms with Crippen molar-refractivity contribution in [3.8, 4) is 0 Å². The largest absolute Gasteiger partial charge is 0.455 e. The van der Waals surface area contributed by atoms with E-state index in [1.54, 1.807) is 13.0 Å². The van der Waals surface area contributed by atoms with Gasteiger partial charge in [0.05, 0.1) is 10.5 Å². The smallest absolute Gasteiger partial charge is 0.291 e. The maximum Gasteiger partial charge on any atom is 0.291 e. The molecule has 0 fully saturated rings. The lowest BCUT2D eigenvalue weighted by Gasteiger charge is -2.08. The van der Waals surface area contributed by atoms with Crippen LogP contribution in [0.2, 0.25) is 0 Å². The van der Waals surface area contributed by atoms with Crippen LogP contribution in [0, 0.1) is 6.92 Å². The molecule has 1 aliphatic carbocycles. The summed E-state index contributed by atoms with van der Waals surface area (Å²) < 4.78 is 32.4. The van der Waals surface area contributed by atoms with Gasteiger partial charge in [0, 0.05) is 37.2 Å². The molecule has 9 heteroatoms. The van der Waals surface area contributed by atoms with Gasteiger partial charge in [-0.25, -0.2) is 13.1 Å². The van der Waals surface area contributed by atoms with Crippen LogP contribution in [0.5, 0.6) is 0 Å². The Balaban J connectivity index is 1.83. The number of hydrogen-bond donors (Lipinski definition) is 3. The number of carbonyl (C=O) groups is 2. The van der Waals surface area contributed by atoms with Crippen LogP contribution < -0.4 is 15.8 Å². The van der Waals surface area contributed by atoms with Crippen molar-refractivity contribution in [1.29, 1.82) is 0 Å². The van der Waals surface area contributed by atoms with E-state index in [4.69, 9.17) is 10.2 Å². The van der Waals surface area contributed by atoms with Crippen LogP contribution in [0.1, 0.15) is 45.1 Å². The molecule has 0 saturated carbocycles. The van der Waals surface area contributed by atoms with Crippen LogP contribution in [0.25, 0.3) is 0 Å². The predicted molar refractivity (Wildman–Crippen MR) is 99.4 cm³/mol. The predicted octanol–water partition coefficient (Wildman–Crippen LogP) is 1.60. The lowest BCUT2D eigenvalue weighted by atomic mass is 9.94. The highest BCUT2D eigenvalue weighted by molar-refractivity contribution is 7.89. The van der Waals surface area contributed by atoms with Gasteiger partial charge in [-0.3, -0.25) is 9.59 Å². The van der Waals surface area contributed by atoms with Crippen molar-refractivity contribution >= 4 is 27.4 Å². The molecule has 144 valence electrons. The third kappa shape index (κ3) is 3.95. The Morgan fingerprint density at radius 1 is 1.30 bits per heavy atom. The summed E-state index contributed by atoms with van der Waals surface area (Å²) in [6, 6.07) is 5.86. The summed E-state index contributed by atoms with van der Waals surface area (Å²) in [5.74, 6) is 0.0655. The van der Waals surface area contributed by atoms with E-state index in [0.717, 1.165) is 0 Å². The molecule has 0 unspecified atom stereocenters. The average Bonchev–Trinajstić information content (AvgIpc) is 2.98. The number of ketones is 1. The molecule has 3 rings (SSSR count). The molecule has 1 aromatic heterocycles. The van der Waals surface area contributed by atoms with E-state index in [2.05, 4.69) is 10.0 Å². The number of nitrogens with one attached hydrogen (secondary N) is 2. The fourth-order valence-corrected chi connectivity index (χ4v) is 4.16.